The summed E-state index contributed by atoms with van der Waals surface area (Å²) in [6.45, 7) is 2.22. The Hall–Kier alpha value is -1.58. The summed E-state index contributed by atoms with van der Waals surface area (Å²) in [4.78, 5) is 6.53. The van der Waals surface area contributed by atoms with Crippen molar-refractivity contribution in [1.82, 2.24) is 9.99 Å². The van der Waals surface area contributed by atoms with Gasteiger partial charge in [0.15, 0.2) is 0 Å². The molecule has 3 rings (SSSR count). The van der Waals surface area contributed by atoms with Crippen LogP contribution in [-0.2, 0) is 0 Å². The Morgan fingerprint density at radius 2 is 2.29 bits per heavy atom. The van der Waals surface area contributed by atoms with E-state index in [0.717, 1.165) is 5.82 Å². The number of anilines is 1. The smallest absolute Gasteiger partial charge is 0.139 e. The third-order valence-electron chi connectivity index (χ3n) is 3.03. The summed E-state index contributed by atoms with van der Waals surface area (Å²) in [6.07, 6.45) is 4.01. The molecule has 3 heterocycles. The minimum absolute atomic E-state index is 0.319. The van der Waals surface area contributed by atoms with Crippen molar-refractivity contribution in [1.29, 1.82) is 0 Å². The first kappa shape index (κ1) is 7.79. The summed E-state index contributed by atoms with van der Waals surface area (Å²) in [5.41, 5.74) is 1.32. The topological polar surface area (TPSA) is 31.7 Å². The molecule has 2 unspecified atom stereocenters. The van der Waals surface area contributed by atoms with Crippen molar-refractivity contribution in [3.05, 3.63) is 23.9 Å². The average molecular weight is 188 g/mol. The Balaban J connectivity index is 2.15. The maximum atomic E-state index is 4.39. The number of nitrogens with zero attached hydrogens (tertiary/aromatic N) is 4. The first-order chi connectivity index (χ1) is 6.79. The second-order valence-electron chi connectivity index (χ2n) is 3.83. The van der Waals surface area contributed by atoms with Gasteiger partial charge in [-0.1, -0.05) is 13.0 Å². The number of aromatic nitrogens is 1. The second kappa shape index (κ2) is 2.47. The zero-order valence-electron chi connectivity index (χ0n) is 8.25. The molecule has 0 aromatic carbocycles. The van der Waals surface area contributed by atoms with Crippen molar-refractivity contribution in [2.45, 2.75) is 19.0 Å². The number of hydrogen-bond donors (Lipinski definition) is 0. The molecule has 1 aromatic heterocycles. The first-order valence-corrected chi connectivity index (χ1v) is 4.79. The molecule has 4 nitrogen and oxygen atoms in total. The Labute approximate surface area is 82.8 Å². The summed E-state index contributed by atoms with van der Waals surface area (Å²) in [7, 11) is 2.00. The predicted molar refractivity (Wildman–Crippen MR) is 55.2 cm³/mol. The lowest BCUT2D eigenvalue weighted by Crippen LogP contribution is -2.36. The monoisotopic (exact) mass is 188 g/mol. The van der Waals surface area contributed by atoms with Crippen LogP contribution >= 0.6 is 0 Å². The van der Waals surface area contributed by atoms with Crippen LogP contribution in [0.15, 0.2) is 23.4 Å². The number of hydrogen-bond acceptors (Lipinski definition) is 4. The van der Waals surface area contributed by atoms with Crippen molar-refractivity contribution >= 4 is 12.2 Å². The van der Waals surface area contributed by atoms with Crippen LogP contribution in [0, 0.1) is 0 Å². The molecule has 14 heavy (non-hydrogen) atoms. The van der Waals surface area contributed by atoms with E-state index >= 15 is 0 Å². The molecule has 0 N–H and O–H groups in total. The molecule has 72 valence electrons. The van der Waals surface area contributed by atoms with E-state index < -0.39 is 0 Å². The van der Waals surface area contributed by atoms with Crippen LogP contribution in [0.4, 0.5) is 5.82 Å². The van der Waals surface area contributed by atoms with Crippen molar-refractivity contribution in [3.8, 4) is 0 Å². The van der Waals surface area contributed by atoms with Gasteiger partial charge < -0.3 is 0 Å². The summed E-state index contributed by atoms with van der Waals surface area (Å²) in [6, 6.07) is 4.14. The van der Waals surface area contributed by atoms with Gasteiger partial charge in [-0.25, -0.2) is 4.98 Å². The molecule has 0 amide bonds. The van der Waals surface area contributed by atoms with E-state index in [2.05, 4.69) is 28.0 Å². The van der Waals surface area contributed by atoms with Gasteiger partial charge in [0.25, 0.3) is 0 Å². The summed E-state index contributed by atoms with van der Waals surface area (Å²) < 4.78 is 0. The Morgan fingerprint density at radius 3 is 3.14 bits per heavy atom. The van der Waals surface area contributed by atoms with Gasteiger partial charge in [-0.3, -0.25) is 9.91 Å². The van der Waals surface area contributed by atoms with Crippen molar-refractivity contribution < 1.29 is 0 Å². The lowest BCUT2D eigenvalue weighted by Gasteiger charge is -2.23. The number of pyridine rings is 1. The number of fused-ring (bicyclic) bond motifs is 3. The van der Waals surface area contributed by atoms with E-state index in [1.54, 1.807) is 0 Å². The number of rotatable bonds is 0. The van der Waals surface area contributed by atoms with Crippen molar-refractivity contribution in [2.24, 2.45) is 5.10 Å². The highest BCUT2D eigenvalue weighted by molar-refractivity contribution is 5.84. The minimum Gasteiger partial charge on any atom is -0.292 e. The maximum absolute atomic E-state index is 4.39. The SMILES string of the molecule is CC1c2cccnc2N2C=NN(C)C12. The highest BCUT2D eigenvalue weighted by Gasteiger charge is 2.41. The van der Waals surface area contributed by atoms with E-state index in [1.165, 1.54) is 5.56 Å². The summed E-state index contributed by atoms with van der Waals surface area (Å²) in [5.74, 6) is 1.52. The van der Waals surface area contributed by atoms with Crippen molar-refractivity contribution in [2.75, 3.05) is 11.9 Å². The first-order valence-electron chi connectivity index (χ1n) is 4.79. The molecule has 0 fully saturated rings. The molecule has 2 aliphatic heterocycles. The molecule has 0 spiro atoms. The Bertz CT molecular complexity index is 401. The van der Waals surface area contributed by atoms with Gasteiger partial charge in [-0.15, -0.1) is 0 Å². The van der Waals surface area contributed by atoms with Gasteiger partial charge in [0, 0.05) is 24.7 Å². The predicted octanol–water partition coefficient (Wildman–Crippen LogP) is 1.22. The maximum Gasteiger partial charge on any atom is 0.139 e. The standard InChI is InChI=1S/C10H12N4/c1-7-8-4-3-5-11-9(8)14-6-12-13(2)10(7)14/h3-7,10H,1-2H3. The van der Waals surface area contributed by atoms with Crippen LogP contribution in [0.25, 0.3) is 0 Å². The van der Waals surface area contributed by atoms with E-state index in [-0.39, 0.29) is 0 Å². The molecule has 0 radical (unpaired) electrons. The molecule has 1 aromatic rings. The highest BCUT2D eigenvalue weighted by atomic mass is 15.6. The Kier molecular flexibility index (Phi) is 1.37. The van der Waals surface area contributed by atoms with Crippen LogP contribution in [-0.4, -0.2) is 29.5 Å². The number of hydrazone groups is 1. The lowest BCUT2D eigenvalue weighted by molar-refractivity contribution is 0.266. The highest BCUT2D eigenvalue weighted by Crippen LogP contribution is 2.41. The molecule has 0 saturated carbocycles. The molecule has 0 bridgehead atoms. The quantitative estimate of drug-likeness (QED) is 0.613. The molecular formula is C10H12N4. The lowest BCUT2D eigenvalue weighted by atomic mass is 10.0. The van der Waals surface area contributed by atoms with Crippen LogP contribution < -0.4 is 4.90 Å². The molecule has 0 saturated heterocycles. The van der Waals surface area contributed by atoms with Gasteiger partial charge in [0.05, 0.1) is 0 Å². The third-order valence-corrected chi connectivity index (χ3v) is 3.03. The zero-order valence-corrected chi connectivity index (χ0v) is 8.25. The molecule has 2 aliphatic rings. The van der Waals surface area contributed by atoms with Crippen LogP contribution in [0.5, 0.6) is 0 Å². The second-order valence-corrected chi connectivity index (χ2v) is 3.83. The van der Waals surface area contributed by atoms with Crippen molar-refractivity contribution in [3.63, 3.8) is 0 Å². The van der Waals surface area contributed by atoms with E-state index in [9.17, 15) is 0 Å². The average Bonchev–Trinajstić information content (AvgIpc) is 2.70. The fraction of sp³-hybridized carbons (Fsp3) is 0.400. The fourth-order valence-corrected chi connectivity index (χ4v) is 2.34. The van der Waals surface area contributed by atoms with Crippen LogP contribution in [0.1, 0.15) is 18.4 Å². The zero-order chi connectivity index (χ0) is 9.71. The van der Waals surface area contributed by atoms with E-state index in [4.69, 9.17) is 0 Å². The van der Waals surface area contributed by atoms with Gasteiger partial charge in [-0.05, 0) is 6.07 Å². The molecule has 2 atom stereocenters. The Morgan fingerprint density at radius 1 is 1.43 bits per heavy atom. The van der Waals surface area contributed by atoms with Gasteiger partial charge in [-0.2, -0.15) is 5.10 Å². The van der Waals surface area contributed by atoms with Gasteiger partial charge in [0.2, 0.25) is 0 Å². The minimum atomic E-state index is 0.319. The fourth-order valence-electron chi connectivity index (χ4n) is 2.34. The van der Waals surface area contributed by atoms with E-state index in [1.807, 2.05) is 30.7 Å². The van der Waals surface area contributed by atoms with E-state index in [0.29, 0.717) is 12.1 Å². The van der Waals surface area contributed by atoms with Gasteiger partial charge >= 0.3 is 0 Å². The largest absolute Gasteiger partial charge is 0.292 e. The molecule has 0 aliphatic carbocycles. The van der Waals surface area contributed by atoms with Crippen LogP contribution in [0.2, 0.25) is 0 Å². The molecular weight excluding hydrogens is 176 g/mol. The molecule has 4 heteroatoms. The summed E-state index contributed by atoms with van der Waals surface area (Å²) in [5, 5.41) is 6.26. The van der Waals surface area contributed by atoms with Gasteiger partial charge in [0.1, 0.15) is 18.3 Å². The summed E-state index contributed by atoms with van der Waals surface area (Å²) >= 11 is 0. The van der Waals surface area contributed by atoms with Crippen LogP contribution in [0.3, 0.4) is 0 Å². The normalized spacial score (nSPS) is 28.1. The third kappa shape index (κ3) is 0.780. The number of likely N-dealkylation sites (N-methyl/N-ethyl adjacent to an activating group) is 1.